The third kappa shape index (κ3) is 4.13. The van der Waals surface area contributed by atoms with E-state index >= 15 is 0 Å². The number of hydrogen-bond acceptors (Lipinski definition) is 4. The van der Waals surface area contributed by atoms with Gasteiger partial charge in [-0.25, -0.2) is 4.83 Å². The second kappa shape index (κ2) is 6.49. The number of hydrazone groups is 1. The normalized spacial score (nSPS) is 13.2. The lowest BCUT2D eigenvalue weighted by Crippen LogP contribution is -2.18. The lowest BCUT2D eigenvalue weighted by atomic mass is 10.1. The molecule has 5 nitrogen and oxygen atoms in total. The standard InChI is InChI=1S/C15H17N3O2S/c1-12-5-7-15(8-6-12)21(19,20)18-17-10-13(2)14-4-3-9-16-11-14/h3-11,13,18H,1-2H3/b17-10+/t13-/m0/s1. The van der Waals surface area contributed by atoms with Gasteiger partial charge in [0.1, 0.15) is 0 Å². The smallest absolute Gasteiger partial charge is 0.264 e. The predicted octanol–water partition coefficient (Wildman–Crippen LogP) is 2.46. The molecule has 0 saturated heterocycles. The monoisotopic (exact) mass is 303 g/mol. The van der Waals surface area contributed by atoms with E-state index in [1.807, 2.05) is 26.0 Å². The molecule has 0 unspecified atom stereocenters. The molecule has 2 rings (SSSR count). The van der Waals surface area contributed by atoms with Crippen LogP contribution in [-0.2, 0) is 10.0 Å². The summed E-state index contributed by atoms with van der Waals surface area (Å²) in [4.78, 5) is 6.43. The van der Waals surface area contributed by atoms with Crippen LogP contribution in [0.5, 0.6) is 0 Å². The minimum absolute atomic E-state index is 0.0283. The highest BCUT2D eigenvalue weighted by Gasteiger charge is 2.12. The molecular formula is C15H17N3O2S. The van der Waals surface area contributed by atoms with Crippen LogP contribution in [-0.4, -0.2) is 19.6 Å². The Hall–Kier alpha value is -2.21. The van der Waals surface area contributed by atoms with Crippen LogP contribution in [0.15, 0.2) is 58.8 Å². The first-order valence-electron chi connectivity index (χ1n) is 6.50. The van der Waals surface area contributed by atoms with Gasteiger partial charge in [0.05, 0.1) is 4.90 Å². The average Bonchev–Trinajstić information content (AvgIpc) is 2.48. The van der Waals surface area contributed by atoms with Crippen LogP contribution in [0.2, 0.25) is 0 Å². The molecule has 0 aliphatic carbocycles. The first-order valence-corrected chi connectivity index (χ1v) is 7.99. The first kappa shape index (κ1) is 15.2. The minimum atomic E-state index is -3.62. The van der Waals surface area contributed by atoms with Crippen molar-refractivity contribution in [2.75, 3.05) is 0 Å². The van der Waals surface area contributed by atoms with Crippen molar-refractivity contribution in [2.45, 2.75) is 24.7 Å². The third-order valence-electron chi connectivity index (χ3n) is 3.01. The van der Waals surface area contributed by atoms with Crippen molar-refractivity contribution in [1.82, 2.24) is 9.82 Å². The summed E-state index contributed by atoms with van der Waals surface area (Å²) < 4.78 is 24.0. The fraction of sp³-hybridized carbons (Fsp3) is 0.200. The molecule has 0 amide bonds. The van der Waals surface area contributed by atoms with Crippen molar-refractivity contribution >= 4 is 16.2 Å². The molecule has 1 N–H and O–H groups in total. The molecule has 0 bridgehead atoms. The number of nitrogens with one attached hydrogen (secondary N) is 1. The summed E-state index contributed by atoms with van der Waals surface area (Å²) in [5.41, 5.74) is 1.97. The molecule has 0 aliphatic rings. The van der Waals surface area contributed by atoms with Gasteiger partial charge in [0, 0.05) is 24.5 Å². The second-order valence-electron chi connectivity index (χ2n) is 4.76. The van der Waals surface area contributed by atoms with Gasteiger partial charge in [-0.15, -0.1) is 0 Å². The van der Waals surface area contributed by atoms with Crippen LogP contribution in [0.25, 0.3) is 0 Å². The molecular weight excluding hydrogens is 286 g/mol. The number of hydrogen-bond donors (Lipinski definition) is 1. The zero-order chi connectivity index (χ0) is 15.3. The third-order valence-corrected chi connectivity index (χ3v) is 4.25. The molecule has 1 atom stereocenters. The molecule has 1 heterocycles. The van der Waals surface area contributed by atoms with Crippen LogP contribution < -0.4 is 4.83 Å². The van der Waals surface area contributed by atoms with Gasteiger partial charge >= 0.3 is 0 Å². The molecule has 6 heteroatoms. The van der Waals surface area contributed by atoms with Crippen molar-refractivity contribution < 1.29 is 8.42 Å². The Labute approximate surface area is 124 Å². The van der Waals surface area contributed by atoms with E-state index in [0.29, 0.717) is 0 Å². The summed E-state index contributed by atoms with van der Waals surface area (Å²) in [6, 6.07) is 10.3. The van der Waals surface area contributed by atoms with Gasteiger partial charge in [0.2, 0.25) is 0 Å². The minimum Gasteiger partial charge on any atom is -0.264 e. The molecule has 1 aromatic heterocycles. The van der Waals surface area contributed by atoms with Crippen molar-refractivity contribution in [3.8, 4) is 0 Å². The van der Waals surface area contributed by atoms with Crippen LogP contribution >= 0.6 is 0 Å². The van der Waals surface area contributed by atoms with Crippen molar-refractivity contribution in [1.29, 1.82) is 0 Å². The summed E-state index contributed by atoms with van der Waals surface area (Å²) in [7, 11) is -3.62. The Bertz CT molecular complexity index is 710. The number of nitrogens with zero attached hydrogens (tertiary/aromatic N) is 2. The molecule has 21 heavy (non-hydrogen) atoms. The van der Waals surface area contributed by atoms with Gasteiger partial charge < -0.3 is 0 Å². The lowest BCUT2D eigenvalue weighted by molar-refractivity contribution is 0.584. The van der Waals surface area contributed by atoms with Crippen LogP contribution in [0, 0.1) is 6.92 Å². The Morgan fingerprint density at radius 2 is 1.95 bits per heavy atom. The summed E-state index contributed by atoms with van der Waals surface area (Å²) in [5.74, 6) is -0.0283. The molecule has 0 spiro atoms. The fourth-order valence-corrected chi connectivity index (χ4v) is 2.51. The maximum atomic E-state index is 12.0. The van der Waals surface area contributed by atoms with Crippen LogP contribution in [0.1, 0.15) is 24.0 Å². The number of aromatic nitrogens is 1. The summed E-state index contributed by atoms with van der Waals surface area (Å²) in [6.45, 7) is 3.82. The van der Waals surface area contributed by atoms with Gasteiger partial charge in [-0.3, -0.25) is 4.98 Å². The summed E-state index contributed by atoms with van der Waals surface area (Å²) in [6.07, 6.45) is 4.96. The fourth-order valence-electron chi connectivity index (χ4n) is 1.71. The number of aryl methyl sites for hydroxylation is 1. The van der Waals surface area contributed by atoms with Crippen molar-refractivity contribution in [3.05, 3.63) is 59.9 Å². The molecule has 110 valence electrons. The molecule has 0 fully saturated rings. The summed E-state index contributed by atoms with van der Waals surface area (Å²) in [5, 5.41) is 3.83. The van der Waals surface area contributed by atoms with Gasteiger partial charge in [-0.2, -0.15) is 13.5 Å². The maximum Gasteiger partial charge on any atom is 0.276 e. The van der Waals surface area contributed by atoms with Gasteiger partial charge in [-0.1, -0.05) is 30.7 Å². The van der Waals surface area contributed by atoms with Crippen molar-refractivity contribution in [2.24, 2.45) is 5.10 Å². The van der Waals surface area contributed by atoms with E-state index in [2.05, 4.69) is 14.9 Å². The average molecular weight is 303 g/mol. The zero-order valence-corrected chi connectivity index (χ0v) is 12.7. The van der Waals surface area contributed by atoms with Crippen LogP contribution in [0.4, 0.5) is 0 Å². The molecule has 2 aromatic rings. The zero-order valence-electron chi connectivity index (χ0n) is 11.9. The highest BCUT2D eigenvalue weighted by Crippen LogP contribution is 2.12. The Balaban J connectivity index is 2.05. The van der Waals surface area contributed by atoms with Crippen LogP contribution in [0.3, 0.4) is 0 Å². The van der Waals surface area contributed by atoms with Crippen molar-refractivity contribution in [3.63, 3.8) is 0 Å². The molecule has 0 aliphatic heterocycles. The quantitative estimate of drug-likeness (QED) is 0.681. The van der Waals surface area contributed by atoms with E-state index in [0.717, 1.165) is 11.1 Å². The van der Waals surface area contributed by atoms with Gasteiger partial charge in [0.15, 0.2) is 0 Å². The number of benzene rings is 1. The highest BCUT2D eigenvalue weighted by atomic mass is 32.2. The van der Waals surface area contributed by atoms with E-state index in [1.54, 1.807) is 42.9 Å². The molecule has 0 saturated carbocycles. The first-order chi connectivity index (χ1) is 9.99. The van der Waals surface area contributed by atoms with Gasteiger partial charge in [0.25, 0.3) is 10.0 Å². The molecule has 1 aromatic carbocycles. The van der Waals surface area contributed by atoms with E-state index < -0.39 is 10.0 Å². The lowest BCUT2D eigenvalue weighted by Gasteiger charge is -2.06. The Morgan fingerprint density at radius 1 is 1.24 bits per heavy atom. The second-order valence-corrected chi connectivity index (χ2v) is 6.42. The highest BCUT2D eigenvalue weighted by molar-refractivity contribution is 7.89. The van der Waals surface area contributed by atoms with Gasteiger partial charge in [-0.05, 0) is 30.7 Å². The number of rotatable bonds is 5. The molecule has 0 radical (unpaired) electrons. The predicted molar refractivity (Wildman–Crippen MR) is 82.6 cm³/mol. The summed E-state index contributed by atoms with van der Waals surface area (Å²) >= 11 is 0. The Morgan fingerprint density at radius 3 is 2.57 bits per heavy atom. The number of sulfonamides is 1. The largest absolute Gasteiger partial charge is 0.276 e. The number of pyridine rings is 1. The van der Waals surface area contributed by atoms with E-state index in [-0.39, 0.29) is 10.8 Å². The SMILES string of the molecule is Cc1ccc(S(=O)(=O)N/N=C/[C@H](C)c2cccnc2)cc1. The maximum absolute atomic E-state index is 12.0. The topological polar surface area (TPSA) is 71.4 Å². The Kier molecular flexibility index (Phi) is 4.70. The van der Waals surface area contributed by atoms with E-state index in [9.17, 15) is 8.42 Å². The van der Waals surface area contributed by atoms with E-state index in [4.69, 9.17) is 0 Å². The van der Waals surface area contributed by atoms with E-state index in [1.165, 1.54) is 0 Å².